The number of hydrogen-bond acceptors (Lipinski definition) is 5. The van der Waals surface area contributed by atoms with Crippen LogP contribution in [0.15, 0.2) is 87.2 Å². The van der Waals surface area contributed by atoms with Gasteiger partial charge in [0.1, 0.15) is 17.6 Å². The highest BCUT2D eigenvalue weighted by Gasteiger charge is 2.43. The predicted molar refractivity (Wildman–Crippen MR) is 139 cm³/mol. The minimum atomic E-state index is -0.585. The SMILES string of the molecule is Cc1ccc2occ(C3Nc4ccccc4N=C4CC(c5ccccc5Cl)CC(=O)C43)c(=O)c2c1. The summed E-state index contributed by atoms with van der Waals surface area (Å²) in [5, 5.41) is 4.63. The number of halogens is 1. The predicted octanol–water partition coefficient (Wildman–Crippen LogP) is 6.76. The number of carbonyl (C=O) groups is 1. The van der Waals surface area contributed by atoms with Crippen LogP contribution >= 0.6 is 11.6 Å². The second-order valence-electron chi connectivity index (χ2n) is 9.33. The molecule has 1 N–H and O–H groups in total. The second kappa shape index (κ2) is 8.51. The number of anilines is 1. The van der Waals surface area contributed by atoms with Crippen LogP contribution in [0.1, 0.15) is 41.5 Å². The fourth-order valence-corrected chi connectivity index (χ4v) is 5.65. The number of ketones is 1. The maximum Gasteiger partial charge on any atom is 0.197 e. The molecule has 0 spiro atoms. The van der Waals surface area contributed by atoms with Crippen LogP contribution in [0.5, 0.6) is 0 Å². The molecule has 1 fully saturated rings. The van der Waals surface area contributed by atoms with E-state index in [2.05, 4.69) is 5.32 Å². The van der Waals surface area contributed by atoms with Gasteiger partial charge in [0.05, 0.1) is 34.3 Å². The Kier molecular flexibility index (Phi) is 5.30. The number of nitrogens with one attached hydrogen (secondary N) is 1. The number of nitrogens with zero attached hydrogens (tertiary/aromatic N) is 1. The number of rotatable bonds is 2. The van der Waals surface area contributed by atoms with Crippen molar-refractivity contribution >= 4 is 45.4 Å². The van der Waals surface area contributed by atoms with Crippen molar-refractivity contribution in [1.82, 2.24) is 0 Å². The minimum Gasteiger partial charge on any atom is -0.464 e. The fourth-order valence-electron chi connectivity index (χ4n) is 5.36. The molecule has 2 aliphatic rings. The first-order valence-electron chi connectivity index (χ1n) is 11.7. The molecule has 5 nitrogen and oxygen atoms in total. The normalized spacial score (nSPS) is 21.5. The smallest absolute Gasteiger partial charge is 0.197 e. The summed E-state index contributed by atoms with van der Waals surface area (Å²) in [5.41, 5.74) is 5.05. The average Bonchev–Trinajstić information content (AvgIpc) is 3.02. The Balaban J connectivity index is 1.50. The molecular formula is C29H23ClN2O3. The van der Waals surface area contributed by atoms with Crippen LogP contribution in [0.2, 0.25) is 5.02 Å². The van der Waals surface area contributed by atoms with Crippen molar-refractivity contribution in [2.24, 2.45) is 10.9 Å². The number of aliphatic imine (C=N–C) groups is 1. The number of benzene rings is 3. The first-order chi connectivity index (χ1) is 17.0. The Hall–Kier alpha value is -3.70. The molecule has 6 heteroatoms. The summed E-state index contributed by atoms with van der Waals surface area (Å²) < 4.78 is 5.87. The second-order valence-corrected chi connectivity index (χ2v) is 9.74. The van der Waals surface area contributed by atoms with Crippen molar-refractivity contribution in [3.63, 3.8) is 0 Å². The molecule has 0 bridgehead atoms. The molecule has 6 rings (SSSR count). The van der Waals surface area contributed by atoms with Crippen molar-refractivity contribution in [2.75, 3.05) is 5.32 Å². The Morgan fingerprint density at radius 1 is 0.971 bits per heavy atom. The Bertz CT molecular complexity index is 1570. The largest absolute Gasteiger partial charge is 0.464 e. The van der Waals surface area contributed by atoms with Gasteiger partial charge in [-0.05, 0) is 55.2 Å². The first kappa shape index (κ1) is 21.8. The maximum absolute atomic E-state index is 13.7. The molecule has 3 atom stereocenters. The molecular weight excluding hydrogens is 460 g/mol. The van der Waals surface area contributed by atoms with Crippen LogP contribution in [-0.4, -0.2) is 11.5 Å². The molecule has 35 heavy (non-hydrogen) atoms. The van der Waals surface area contributed by atoms with Gasteiger partial charge in [-0.25, -0.2) is 0 Å². The monoisotopic (exact) mass is 482 g/mol. The van der Waals surface area contributed by atoms with E-state index in [9.17, 15) is 9.59 Å². The van der Waals surface area contributed by atoms with Gasteiger partial charge in [-0.2, -0.15) is 0 Å². The Labute approximate surface area is 207 Å². The zero-order valence-electron chi connectivity index (χ0n) is 19.1. The quantitative estimate of drug-likeness (QED) is 0.342. The van der Waals surface area contributed by atoms with Gasteiger partial charge in [0.15, 0.2) is 5.43 Å². The Morgan fingerprint density at radius 2 is 1.77 bits per heavy atom. The molecule has 1 aliphatic heterocycles. The third-order valence-corrected chi connectivity index (χ3v) is 7.40. The van der Waals surface area contributed by atoms with Crippen LogP contribution in [0.3, 0.4) is 0 Å². The van der Waals surface area contributed by atoms with Crippen molar-refractivity contribution in [3.05, 3.63) is 105 Å². The highest BCUT2D eigenvalue weighted by Crippen LogP contribution is 2.44. The summed E-state index contributed by atoms with van der Waals surface area (Å²) in [7, 11) is 0. The third-order valence-electron chi connectivity index (χ3n) is 7.06. The summed E-state index contributed by atoms with van der Waals surface area (Å²) in [6.45, 7) is 1.94. The standard InChI is InChI=1S/C29H23ClN2O3/c1-16-10-11-26-19(12-16)29(34)20(15-35-26)28-27-24(31-22-8-4-5-9-23(22)32-28)13-17(14-25(27)33)18-6-2-3-7-21(18)30/h2-12,15,17,27-28,32H,13-14H2,1H3. The first-order valence-corrected chi connectivity index (χ1v) is 12.1. The third kappa shape index (κ3) is 3.76. The average molecular weight is 483 g/mol. The van der Waals surface area contributed by atoms with Gasteiger partial charge in [-0.3, -0.25) is 14.6 Å². The van der Waals surface area contributed by atoms with Gasteiger partial charge in [0.25, 0.3) is 0 Å². The summed E-state index contributed by atoms with van der Waals surface area (Å²) >= 11 is 6.49. The molecule has 1 saturated carbocycles. The van der Waals surface area contributed by atoms with Crippen LogP contribution < -0.4 is 10.7 Å². The van der Waals surface area contributed by atoms with E-state index in [-0.39, 0.29) is 17.1 Å². The van der Waals surface area contributed by atoms with Crippen molar-refractivity contribution in [1.29, 1.82) is 0 Å². The number of carbonyl (C=O) groups excluding carboxylic acids is 1. The van der Waals surface area contributed by atoms with Crippen LogP contribution in [-0.2, 0) is 4.79 Å². The molecule has 4 aromatic rings. The van der Waals surface area contributed by atoms with Crippen molar-refractivity contribution < 1.29 is 9.21 Å². The van der Waals surface area contributed by atoms with Crippen LogP contribution in [0, 0.1) is 12.8 Å². The fraction of sp³-hybridized carbons (Fsp3) is 0.207. The van der Waals surface area contributed by atoms with E-state index in [4.69, 9.17) is 21.0 Å². The maximum atomic E-state index is 13.7. The topological polar surface area (TPSA) is 71.7 Å². The summed E-state index contributed by atoms with van der Waals surface area (Å²) in [6, 6.07) is 20.3. The molecule has 1 aliphatic carbocycles. The number of para-hydroxylation sites is 2. The molecule has 2 heterocycles. The lowest BCUT2D eigenvalue weighted by atomic mass is 9.72. The van der Waals surface area contributed by atoms with E-state index in [0.29, 0.717) is 34.4 Å². The minimum absolute atomic E-state index is 0.0361. The summed E-state index contributed by atoms with van der Waals surface area (Å²) in [5.74, 6) is -0.604. The van der Waals surface area contributed by atoms with Gasteiger partial charge in [-0.1, -0.05) is 53.6 Å². The zero-order chi connectivity index (χ0) is 24.1. The molecule has 1 aromatic heterocycles. The lowest BCUT2D eigenvalue weighted by Gasteiger charge is -2.33. The van der Waals surface area contributed by atoms with E-state index in [0.717, 1.165) is 28.2 Å². The number of Topliss-reactive ketones (excluding diaryl/α,β-unsaturated/α-hetero) is 1. The van der Waals surface area contributed by atoms with E-state index in [1.54, 1.807) is 6.07 Å². The Morgan fingerprint density at radius 3 is 2.63 bits per heavy atom. The van der Waals surface area contributed by atoms with E-state index in [1.807, 2.05) is 67.6 Å². The van der Waals surface area contributed by atoms with Gasteiger partial charge < -0.3 is 9.73 Å². The lowest BCUT2D eigenvalue weighted by Crippen LogP contribution is -2.40. The molecule has 0 radical (unpaired) electrons. The van der Waals surface area contributed by atoms with Gasteiger partial charge >= 0.3 is 0 Å². The van der Waals surface area contributed by atoms with Gasteiger partial charge in [-0.15, -0.1) is 0 Å². The number of aryl methyl sites for hydroxylation is 1. The van der Waals surface area contributed by atoms with Gasteiger partial charge in [0, 0.05) is 17.2 Å². The summed E-state index contributed by atoms with van der Waals surface area (Å²) in [6.07, 6.45) is 2.42. The zero-order valence-corrected chi connectivity index (χ0v) is 19.9. The van der Waals surface area contributed by atoms with Crippen LogP contribution in [0.4, 0.5) is 11.4 Å². The number of fused-ring (bicyclic) bond motifs is 3. The highest BCUT2D eigenvalue weighted by molar-refractivity contribution is 6.31. The van der Waals surface area contributed by atoms with E-state index >= 15 is 0 Å². The van der Waals surface area contributed by atoms with Gasteiger partial charge in [0.2, 0.25) is 0 Å². The van der Waals surface area contributed by atoms with E-state index in [1.165, 1.54) is 6.26 Å². The number of hydrogen-bond donors (Lipinski definition) is 1. The van der Waals surface area contributed by atoms with Crippen molar-refractivity contribution in [3.8, 4) is 0 Å². The lowest BCUT2D eigenvalue weighted by molar-refractivity contribution is -0.122. The van der Waals surface area contributed by atoms with Crippen molar-refractivity contribution in [2.45, 2.75) is 31.7 Å². The molecule has 0 amide bonds. The molecule has 3 aromatic carbocycles. The van der Waals surface area contributed by atoms with E-state index < -0.39 is 12.0 Å². The molecule has 3 unspecified atom stereocenters. The molecule has 0 saturated heterocycles. The summed E-state index contributed by atoms with van der Waals surface area (Å²) in [4.78, 5) is 32.3. The highest BCUT2D eigenvalue weighted by atomic mass is 35.5. The van der Waals surface area contributed by atoms with Crippen LogP contribution in [0.25, 0.3) is 11.0 Å². The molecule has 174 valence electrons.